The molecule has 1 unspecified atom stereocenters. The summed E-state index contributed by atoms with van der Waals surface area (Å²) in [5.41, 5.74) is 0. The summed E-state index contributed by atoms with van der Waals surface area (Å²) >= 11 is 1.79. The summed E-state index contributed by atoms with van der Waals surface area (Å²) in [7, 11) is 0. The summed E-state index contributed by atoms with van der Waals surface area (Å²) in [5, 5.41) is 0. The quantitative estimate of drug-likeness (QED) is 0.552. The van der Waals surface area contributed by atoms with Gasteiger partial charge in [0.25, 0.3) is 0 Å². The van der Waals surface area contributed by atoms with Crippen LogP contribution in [-0.2, 0) is 0 Å². The summed E-state index contributed by atoms with van der Waals surface area (Å²) in [6.07, 6.45) is -2.28. The van der Waals surface area contributed by atoms with Crippen molar-refractivity contribution in [2.24, 2.45) is 5.92 Å². The van der Waals surface area contributed by atoms with Crippen LogP contribution in [0.2, 0.25) is 0 Å². The van der Waals surface area contributed by atoms with Gasteiger partial charge in [-0.15, -0.1) is 0 Å². The van der Waals surface area contributed by atoms with Crippen molar-refractivity contribution in [2.45, 2.75) is 19.0 Å². The van der Waals surface area contributed by atoms with Gasteiger partial charge in [-0.25, -0.2) is 9.37 Å². The van der Waals surface area contributed by atoms with Crippen LogP contribution in [0, 0.1) is 15.3 Å². The number of aromatic nitrogens is 1. The molecule has 1 aliphatic rings. The van der Waals surface area contributed by atoms with E-state index in [1.807, 2.05) is 0 Å². The molecule has 0 spiro atoms. The molecule has 18 heavy (non-hydrogen) atoms. The Morgan fingerprint density at radius 3 is 2.72 bits per heavy atom. The predicted octanol–water partition coefficient (Wildman–Crippen LogP) is 3.60. The third kappa shape index (κ3) is 3.04. The normalized spacial score (nSPS) is 21.2. The minimum absolute atomic E-state index is 0.132. The Balaban J connectivity index is 2.15. The first-order valence-electron chi connectivity index (χ1n) is 5.50. The number of hydrogen-bond acceptors (Lipinski definition) is 2. The summed E-state index contributed by atoms with van der Waals surface area (Å²) in [4.78, 5) is 5.49. The maximum absolute atomic E-state index is 13.4. The van der Waals surface area contributed by atoms with Crippen LogP contribution in [0.3, 0.4) is 0 Å². The largest absolute Gasteiger partial charge is 0.393 e. The van der Waals surface area contributed by atoms with E-state index in [-0.39, 0.29) is 18.8 Å². The minimum Gasteiger partial charge on any atom is -0.356 e. The van der Waals surface area contributed by atoms with Crippen LogP contribution in [0.4, 0.5) is 23.4 Å². The highest BCUT2D eigenvalue weighted by Gasteiger charge is 2.42. The highest BCUT2D eigenvalue weighted by Crippen LogP contribution is 2.34. The maximum Gasteiger partial charge on any atom is 0.393 e. The van der Waals surface area contributed by atoms with E-state index in [1.165, 1.54) is 17.2 Å². The monoisotopic (exact) mass is 374 g/mol. The van der Waals surface area contributed by atoms with Crippen molar-refractivity contribution in [3.8, 4) is 0 Å². The standard InChI is InChI=1S/C11H11F4IN2/c12-8-4-10(17-5-9(8)16)18-3-1-2-7(6-18)11(13,14)15/h4-5,7H,1-3,6H2. The molecule has 0 amide bonds. The van der Waals surface area contributed by atoms with Crippen LogP contribution in [-0.4, -0.2) is 24.2 Å². The molecule has 0 N–H and O–H groups in total. The summed E-state index contributed by atoms with van der Waals surface area (Å²) < 4.78 is 51.7. The van der Waals surface area contributed by atoms with Crippen LogP contribution in [0.15, 0.2) is 12.3 Å². The maximum atomic E-state index is 13.4. The zero-order chi connectivity index (χ0) is 13.3. The van der Waals surface area contributed by atoms with Crippen LogP contribution < -0.4 is 4.90 Å². The van der Waals surface area contributed by atoms with Gasteiger partial charge in [0.2, 0.25) is 0 Å². The molecule has 0 saturated carbocycles. The van der Waals surface area contributed by atoms with Crippen molar-refractivity contribution < 1.29 is 17.6 Å². The zero-order valence-electron chi connectivity index (χ0n) is 9.34. The Hall–Kier alpha value is -0.600. The number of piperidine rings is 1. The summed E-state index contributed by atoms with van der Waals surface area (Å²) in [6.45, 7) is 0.343. The van der Waals surface area contributed by atoms with Gasteiger partial charge in [-0.3, -0.25) is 0 Å². The molecule has 1 aromatic rings. The first-order valence-corrected chi connectivity index (χ1v) is 6.58. The number of alkyl halides is 3. The van der Waals surface area contributed by atoms with Gasteiger partial charge in [-0.1, -0.05) is 0 Å². The van der Waals surface area contributed by atoms with E-state index in [2.05, 4.69) is 4.98 Å². The predicted molar refractivity (Wildman–Crippen MR) is 67.9 cm³/mol. The molecule has 100 valence electrons. The zero-order valence-corrected chi connectivity index (χ0v) is 11.5. The van der Waals surface area contributed by atoms with Crippen molar-refractivity contribution in [3.05, 3.63) is 21.7 Å². The second-order valence-electron chi connectivity index (χ2n) is 4.28. The molecule has 1 aromatic heterocycles. The molecule has 1 aliphatic heterocycles. The molecule has 2 heterocycles. The third-order valence-corrected chi connectivity index (χ3v) is 3.80. The van der Waals surface area contributed by atoms with Crippen molar-refractivity contribution in [3.63, 3.8) is 0 Å². The Morgan fingerprint density at radius 1 is 1.39 bits per heavy atom. The Morgan fingerprint density at radius 2 is 2.11 bits per heavy atom. The fraction of sp³-hybridized carbons (Fsp3) is 0.545. The van der Waals surface area contributed by atoms with Crippen LogP contribution >= 0.6 is 22.6 Å². The molecular formula is C11H11F4IN2. The molecule has 7 heteroatoms. The topological polar surface area (TPSA) is 16.1 Å². The van der Waals surface area contributed by atoms with Gasteiger partial charge in [0.1, 0.15) is 11.6 Å². The molecule has 1 atom stereocenters. The first-order chi connectivity index (χ1) is 8.38. The number of halogens is 5. The van der Waals surface area contributed by atoms with E-state index in [9.17, 15) is 17.6 Å². The van der Waals surface area contributed by atoms with Gasteiger partial charge in [-0.05, 0) is 35.4 Å². The van der Waals surface area contributed by atoms with E-state index in [0.29, 0.717) is 16.5 Å². The third-order valence-electron chi connectivity index (χ3n) is 3.00. The number of hydrogen-bond donors (Lipinski definition) is 0. The van der Waals surface area contributed by atoms with E-state index in [1.54, 1.807) is 22.6 Å². The Bertz CT molecular complexity index is 436. The Kier molecular flexibility index (Phi) is 3.98. The molecule has 1 saturated heterocycles. The van der Waals surface area contributed by atoms with Gasteiger partial charge in [0.15, 0.2) is 0 Å². The molecule has 0 aromatic carbocycles. The van der Waals surface area contributed by atoms with Gasteiger partial charge in [0.05, 0.1) is 9.49 Å². The minimum atomic E-state index is -4.19. The second-order valence-corrected chi connectivity index (χ2v) is 5.45. The number of rotatable bonds is 1. The highest BCUT2D eigenvalue weighted by atomic mass is 127. The lowest BCUT2D eigenvalue weighted by molar-refractivity contribution is -0.176. The highest BCUT2D eigenvalue weighted by molar-refractivity contribution is 14.1. The number of nitrogens with zero attached hydrogens (tertiary/aromatic N) is 2. The molecule has 0 aliphatic carbocycles. The van der Waals surface area contributed by atoms with E-state index >= 15 is 0 Å². The van der Waals surface area contributed by atoms with Crippen molar-refractivity contribution >= 4 is 28.4 Å². The molecule has 1 fully saturated rings. The van der Waals surface area contributed by atoms with Crippen LogP contribution in [0.25, 0.3) is 0 Å². The lowest BCUT2D eigenvalue weighted by Crippen LogP contribution is -2.42. The second kappa shape index (κ2) is 5.18. The molecule has 0 bridgehead atoms. The first kappa shape index (κ1) is 13.8. The van der Waals surface area contributed by atoms with Gasteiger partial charge < -0.3 is 4.90 Å². The van der Waals surface area contributed by atoms with E-state index in [0.717, 1.165) is 0 Å². The van der Waals surface area contributed by atoms with Crippen LogP contribution in [0.1, 0.15) is 12.8 Å². The lowest BCUT2D eigenvalue weighted by atomic mass is 9.97. The SMILES string of the molecule is Fc1cc(N2CCCC(C(F)(F)F)C2)ncc1I. The summed E-state index contributed by atoms with van der Waals surface area (Å²) in [6, 6.07) is 1.19. The fourth-order valence-electron chi connectivity index (χ4n) is 2.03. The van der Waals surface area contributed by atoms with Crippen molar-refractivity contribution in [2.75, 3.05) is 18.0 Å². The van der Waals surface area contributed by atoms with Crippen molar-refractivity contribution in [1.29, 1.82) is 0 Å². The van der Waals surface area contributed by atoms with Crippen LogP contribution in [0.5, 0.6) is 0 Å². The average Bonchev–Trinajstić information content (AvgIpc) is 2.32. The van der Waals surface area contributed by atoms with Gasteiger partial charge in [-0.2, -0.15) is 13.2 Å². The van der Waals surface area contributed by atoms with E-state index < -0.39 is 17.9 Å². The van der Waals surface area contributed by atoms with Crippen molar-refractivity contribution in [1.82, 2.24) is 4.98 Å². The van der Waals surface area contributed by atoms with Gasteiger partial charge >= 0.3 is 6.18 Å². The summed E-state index contributed by atoms with van der Waals surface area (Å²) in [5.74, 6) is -1.52. The smallest absolute Gasteiger partial charge is 0.356 e. The fourth-order valence-corrected chi connectivity index (χ4v) is 2.32. The number of pyridine rings is 1. The Labute approximate surface area is 116 Å². The molecule has 2 rings (SSSR count). The van der Waals surface area contributed by atoms with Gasteiger partial charge in [0, 0.05) is 25.4 Å². The van der Waals surface area contributed by atoms with E-state index in [4.69, 9.17) is 0 Å². The molecular weight excluding hydrogens is 363 g/mol. The average molecular weight is 374 g/mol. The lowest BCUT2D eigenvalue weighted by Gasteiger charge is -2.34. The number of anilines is 1. The molecule has 0 radical (unpaired) electrons. The molecule has 2 nitrogen and oxygen atoms in total.